The topological polar surface area (TPSA) is 40.5 Å². The van der Waals surface area contributed by atoms with Crippen molar-refractivity contribution in [1.29, 1.82) is 0 Å². The Morgan fingerprint density at radius 2 is 2.16 bits per heavy atom. The quantitative estimate of drug-likeness (QED) is 0.793. The molecule has 0 radical (unpaired) electrons. The van der Waals surface area contributed by atoms with Crippen molar-refractivity contribution in [3.63, 3.8) is 0 Å². The number of nitrogens with zero attached hydrogens (tertiary/aromatic N) is 1. The molecule has 3 nitrogen and oxygen atoms in total. The Morgan fingerprint density at radius 3 is 2.63 bits per heavy atom. The summed E-state index contributed by atoms with van der Waals surface area (Å²) in [6, 6.07) is 0. The van der Waals surface area contributed by atoms with Gasteiger partial charge < -0.3 is 10.0 Å². The summed E-state index contributed by atoms with van der Waals surface area (Å²) in [7, 11) is 0. The molecule has 1 aliphatic rings. The van der Waals surface area contributed by atoms with Gasteiger partial charge in [-0.15, -0.1) is 11.8 Å². The van der Waals surface area contributed by atoms with Crippen LogP contribution in [0.5, 0.6) is 0 Å². The smallest absolute Gasteiger partial charge is 0.379 e. The molecule has 0 aromatic carbocycles. The van der Waals surface area contributed by atoms with Gasteiger partial charge in [-0.05, 0) is 19.1 Å². The molecule has 112 valence electrons. The highest BCUT2D eigenvalue weighted by molar-refractivity contribution is 8.00. The molecule has 1 fully saturated rings. The second kappa shape index (κ2) is 6.35. The first kappa shape index (κ1) is 16.6. The molecule has 2 unspecified atom stereocenters. The van der Waals surface area contributed by atoms with Crippen molar-refractivity contribution in [3.8, 4) is 0 Å². The van der Waals surface area contributed by atoms with Crippen molar-refractivity contribution in [1.82, 2.24) is 4.90 Å². The van der Waals surface area contributed by atoms with E-state index in [4.69, 9.17) is 0 Å². The number of aliphatic hydroxyl groups is 1. The van der Waals surface area contributed by atoms with Crippen molar-refractivity contribution in [2.75, 3.05) is 18.8 Å². The summed E-state index contributed by atoms with van der Waals surface area (Å²) in [5.74, 6) is 0.502. The predicted octanol–water partition coefficient (Wildman–Crippen LogP) is 2.43. The fraction of sp³-hybridized carbons (Fsp3) is 0.917. The summed E-state index contributed by atoms with van der Waals surface area (Å²) in [6.45, 7) is 3.06. The zero-order valence-electron chi connectivity index (χ0n) is 11.2. The van der Waals surface area contributed by atoms with E-state index in [2.05, 4.69) is 0 Å². The molecular weight excluding hydrogens is 279 g/mol. The van der Waals surface area contributed by atoms with E-state index in [1.54, 1.807) is 6.92 Å². The second-order valence-corrected chi connectivity index (χ2v) is 6.35. The molecule has 0 bridgehead atoms. The number of carbonyl (C=O) groups is 1. The van der Waals surface area contributed by atoms with Crippen LogP contribution in [-0.4, -0.2) is 51.8 Å². The normalized spacial score (nSPS) is 25.7. The molecule has 1 amide bonds. The SMILES string of the molecule is CCCCSC(C)C(=O)N1CCC(O)(C(F)(F)F)C1. The number of unbranched alkanes of at least 4 members (excludes halogenated alkanes) is 1. The number of alkyl halides is 3. The molecule has 1 aliphatic heterocycles. The third-order valence-electron chi connectivity index (χ3n) is 3.30. The third kappa shape index (κ3) is 4.02. The minimum Gasteiger partial charge on any atom is -0.379 e. The van der Waals surface area contributed by atoms with Crippen molar-refractivity contribution < 1.29 is 23.1 Å². The molecule has 19 heavy (non-hydrogen) atoms. The average Bonchev–Trinajstić information content (AvgIpc) is 2.72. The predicted molar refractivity (Wildman–Crippen MR) is 69.0 cm³/mol. The maximum atomic E-state index is 12.6. The number of rotatable bonds is 5. The molecule has 2 atom stereocenters. The van der Waals surface area contributed by atoms with Gasteiger partial charge in [0, 0.05) is 13.0 Å². The van der Waals surface area contributed by atoms with Gasteiger partial charge in [-0.3, -0.25) is 4.79 Å². The Bertz CT molecular complexity index is 325. The number of likely N-dealkylation sites (tertiary alicyclic amines) is 1. The number of β-amino-alcohol motifs (C(OH)–C–C–N with tert-alkyl or cyclic N) is 1. The van der Waals surface area contributed by atoms with Gasteiger partial charge in [0.15, 0.2) is 5.60 Å². The van der Waals surface area contributed by atoms with Crippen molar-refractivity contribution in [3.05, 3.63) is 0 Å². The summed E-state index contributed by atoms with van der Waals surface area (Å²) >= 11 is 1.45. The maximum absolute atomic E-state index is 12.6. The molecule has 1 saturated heterocycles. The van der Waals surface area contributed by atoms with Crippen LogP contribution in [0.3, 0.4) is 0 Å². The molecule has 0 aromatic heterocycles. The van der Waals surface area contributed by atoms with Gasteiger partial charge in [0.2, 0.25) is 5.91 Å². The summed E-state index contributed by atoms with van der Waals surface area (Å²) in [5, 5.41) is 9.16. The Kier molecular flexibility index (Phi) is 5.55. The summed E-state index contributed by atoms with van der Waals surface area (Å²) in [5.41, 5.74) is -2.74. The largest absolute Gasteiger partial charge is 0.419 e. The van der Waals surface area contributed by atoms with Crippen LogP contribution in [0.25, 0.3) is 0 Å². The highest BCUT2D eigenvalue weighted by atomic mass is 32.2. The van der Waals surface area contributed by atoms with Crippen molar-refractivity contribution in [2.24, 2.45) is 0 Å². The first-order valence-electron chi connectivity index (χ1n) is 6.41. The van der Waals surface area contributed by atoms with Crippen LogP contribution in [0, 0.1) is 0 Å². The van der Waals surface area contributed by atoms with Crippen molar-refractivity contribution in [2.45, 2.75) is 50.1 Å². The molecule has 0 spiro atoms. The number of hydrogen-bond acceptors (Lipinski definition) is 3. The molecule has 0 aliphatic carbocycles. The van der Waals surface area contributed by atoms with E-state index in [1.165, 1.54) is 11.8 Å². The lowest BCUT2D eigenvalue weighted by molar-refractivity contribution is -0.253. The molecule has 1 N–H and O–H groups in total. The number of halogens is 3. The van der Waals surface area contributed by atoms with Gasteiger partial charge in [-0.25, -0.2) is 0 Å². The summed E-state index contributed by atoms with van der Waals surface area (Å²) in [4.78, 5) is 13.1. The van der Waals surface area contributed by atoms with Gasteiger partial charge in [-0.2, -0.15) is 13.2 Å². The average molecular weight is 299 g/mol. The van der Waals surface area contributed by atoms with E-state index < -0.39 is 24.7 Å². The monoisotopic (exact) mass is 299 g/mol. The third-order valence-corrected chi connectivity index (χ3v) is 4.53. The Balaban J connectivity index is 2.52. The van der Waals surface area contributed by atoms with Crippen LogP contribution in [-0.2, 0) is 4.79 Å². The second-order valence-electron chi connectivity index (χ2n) is 4.91. The number of amides is 1. The van der Waals surface area contributed by atoms with E-state index in [1.807, 2.05) is 6.92 Å². The zero-order chi connectivity index (χ0) is 14.7. The van der Waals surface area contributed by atoms with Gasteiger partial charge >= 0.3 is 6.18 Å². The lowest BCUT2D eigenvalue weighted by Crippen LogP contribution is -2.48. The highest BCUT2D eigenvalue weighted by Crippen LogP contribution is 2.38. The Morgan fingerprint density at radius 1 is 1.53 bits per heavy atom. The van der Waals surface area contributed by atoms with E-state index in [0.29, 0.717) is 0 Å². The maximum Gasteiger partial charge on any atom is 0.419 e. The van der Waals surface area contributed by atoms with E-state index >= 15 is 0 Å². The van der Waals surface area contributed by atoms with Crippen molar-refractivity contribution >= 4 is 17.7 Å². The Hall–Kier alpha value is -0.430. The van der Waals surface area contributed by atoms with Crippen LogP contribution in [0.4, 0.5) is 13.2 Å². The van der Waals surface area contributed by atoms with Gasteiger partial charge in [0.1, 0.15) is 0 Å². The van der Waals surface area contributed by atoms with Crippen LogP contribution < -0.4 is 0 Å². The molecule has 1 heterocycles. The minimum absolute atomic E-state index is 0.0342. The number of thioether (sulfide) groups is 1. The number of carbonyl (C=O) groups excluding carboxylic acids is 1. The molecule has 0 saturated carbocycles. The number of hydrogen-bond donors (Lipinski definition) is 1. The summed E-state index contributed by atoms with van der Waals surface area (Å²) < 4.78 is 37.9. The van der Waals surface area contributed by atoms with Crippen LogP contribution in [0.15, 0.2) is 0 Å². The highest BCUT2D eigenvalue weighted by Gasteiger charge is 2.57. The standard InChI is InChI=1S/C12H20F3NO2S/c1-3-4-7-19-9(2)10(17)16-6-5-11(18,8-16)12(13,14)15/h9,18H,3-8H2,1-2H3. The zero-order valence-corrected chi connectivity index (χ0v) is 12.0. The first-order valence-corrected chi connectivity index (χ1v) is 7.45. The molecule has 7 heteroatoms. The minimum atomic E-state index is -4.68. The lowest BCUT2D eigenvalue weighted by atomic mass is 10.0. The molecular formula is C12H20F3NO2S. The van der Waals surface area contributed by atoms with Gasteiger partial charge in [-0.1, -0.05) is 13.3 Å². The van der Waals surface area contributed by atoms with Gasteiger partial charge in [0.05, 0.1) is 11.8 Å². The Labute approximate surface area is 115 Å². The van der Waals surface area contributed by atoms with E-state index in [-0.39, 0.29) is 17.7 Å². The fourth-order valence-corrected chi connectivity index (χ4v) is 3.05. The molecule has 1 rings (SSSR count). The van der Waals surface area contributed by atoms with E-state index in [0.717, 1.165) is 23.5 Å². The first-order chi connectivity index (χ1) is 8.71. The van der Waals surface area contributed by atoms with Crippen LogP contribution in [0.2, 0.25) is 0 Å². The molecule has 0 aromatic rings. The van der Waals surface area contributed by atoms with Crippen LogP contribution >= 0.6 is 11.8 Å². The fourth-order valence-electron chi connectivity index (χ4n) is 1.95. The van der Waals surface area contributed by atoms with Crippen LogP contribution in [0.1, 0.15) is 33.1 Å². The lowest BCUT2D eigenvalue weighted by Gasteiger charge is -2.26. The summed E-state index contributed by atoms with van der Waals surface area (Å²) in [6.07, 6.45) is -3.12. The van der Waals surface area contributed by atoms with E-state index in [9.17, 15) is 23.1 Å². The van der Waals surface area contributed by atoms with Gasteiger partial charge in [0.25, 0.3) is 0 Å².